The van der Waals surface area contributed by atoms with Crippen LogP contribution in [-0.2, 0) is 6.54 Å². The number of hydrogen-bond donors (Lipinski definition) is 0. The average molecular weight is 343 g/mol. The second-order valence-electron chi connectivity index (χ2n) is 7.31. The fourth-order valence-electron chi connectivity index (χ4n) is 4.17. The molecule has 2 unspecified atom stereocenters. The molecule has 2 atom stereocenters. The molecule has 0 amide bonds. The molecule has 0 saturated carbocycles. The number of nitrogens with zero attached hydrogens (tertiary/aromatic N) is 4. The molecule has 0 aromatic carbocycles. The molecule has 25 heavy (non-hydrogen) atoms. The second-order valence-corrected chi connectivity index (χ2v) is 7.31. The number of likely N-dealkylation sites (N-methyl/N-ethyl adjacent to an activating group) is 1. The number of allylic oxidation sites excluding steroid dienone is 1. The smallest absolute Gasteiger partial charge is 0.212 e. The summed E-state index contributed by atoms with van der Waals surface area (Å²) in [5.74, 6) is 1.85. The number of ether oxygens (including phenoxy) is 1. The van der Waals surface area contributed by atoms with Gasteiger partial charge in [0.25, 0.3) is 0 Å². The van der Waals surface area contributed by atoms with E-state index in [-0.39, 0.29) is 0 Å². The Bertz CT molecular complexity index is 626. The molecule has 136 valence electrons. The Morgan fingerprint density at radius 2 is 2.12 bits per heavy atom. The monoisotopic (exact) mass is 343 g/mol. The lowest BCUT2D eigenvalue weighted by atomic mass is 9.83. The number of hydrogen-bond acceptors (Lipinski definition) is 3. The van der Waals surface area contributed by atoms with Crippen molar-refractivity contribution in [3.63, 3.8) is 0 Å². The van der Waals surface area contributed by atoms with Crippen molar-refractivity contribution in [1.29, 1.82) is 0 Å². The molecule has 3 aliphatic rings. The Hall–Kier alpha value is -1.88. The normalized spacial score (nSPS) is 29.0. The van der Waals surface area contributed by atoms with Gasteiger partial charge in [0.1, 0.15) is 24.5 Å². The Kier molecular flexibility index (Phi) is 5.42. The van der Waals surface area contributed by atoms with Gasteiger partial charge in [0.15, 0.2) is 0 Å². The summed E-state index contributed by atoms with van der Waals surface area (Å²) in [6.45, 7) is 8.38. The number of piperazine rings is 1. The zero-order valence-electron chi connectivity index (χ0n) is 16.0. The van der Waals surface area contributed by atoms with E-state index in [1.807, 2.05) is 12.3 Å². The maximum Gasteiger partial charge on any atom is 0.212 e. The number of aliphatic imine (C=N–C) groups is 1. The van der Waals surface area contributed by atoms with Gasteiger partial charge in [-0.3, -0.25) is 4.99 Å². The van der Waals surface area contributed by atoms with E-state index < -0.39 is 0 Å². The van der Waals surface area contributed by atoms with Crippen LogP contribution in [0, 0.1) is 0 Å². The summed E-state index contributed by atoms with van der Waals surface area (Å²) in [7, 11) is 4.06. The SMILES string of the molecule is CC/C=C\C(=NCC)N1CC2CC(C1)[N+]2(C)Cc1ccc(OC)nc1. The lowest BCUT2D eigenvalue weighted by Crippen LogP contribution is -2.77. The number of rotatable bonds is 6. The van der Waals surface area contributed by atoms with Crippen LogP contribution in [0.4, 0.5) is 0 Å². The molecule has 0 radical (unpaired) electrons. The van der Waals surface area contributed by atoms with E-state index >= 15 is 0 Å². The Balaban J connectivity index is 1.67. The molecule has 3 aliphatic heterocycles. The highest BCUT2D eigenvalue weighted by Crippen LogP contribution is 2.40. The molecule has 3 saturated heterocycles. The van der Waals surface area contributed by atoms with Crippen molar-refractivity contribution in [2.75, 3.05) is 33.8 Å². The summed E-state index contributed by atoms with van der Waals surface area (Å²) in [5.41, 5.74) is 1.29. The molecular formula is C20H31N4O+. The van der Waals surface area contributed by atoms with Gasteiger partial charge in [-0.2, -0.15) is 0 Å². The van der Waals surface area contributed by atoms with E-state index in [0.717, 1.165) is 42.9 Å². The highest BCUT2D eigenvalue weighted by atomic mass is 16.5. The molecule has 1 aromatic rings. The summed E-state index contributed by atoms with van der Waals surface area (Å²) in [6, 6.07) is 5.47. The highest BCUT2D eigenvalue weighted by Gasteiger charge is 2.56. The first kappa shape index (κ1) is 17.9. The van der Waals surface area contributed by atoms with Crippen LogP contribution in [0.3, 0.4) is 0 Å². The zero-order chi connectivity index (χ0) is 17.9. The molecule has 5 nitrogen and oxygen atoms in total. The van der Waals surface area contributed by atoms with E-state index in [4.69, 9.17) is 9.73 Å². The lowest BCUT2D eigenvalue weighted by molar-refractivity contribution is -1.01. The Morgan fingerprint density at radius 3 is 2.68 bits per heavy atom. The van der Waals surface area contributed by atoms with Crippen LogP contribution in [-0.4, -0.2) is 66.1 Å². The van der Waals surface area contributed by atoms with Crippen LogP contribution in [0.2, 0.25) is 0 Å². The van der Waals surface area contributed by atoms with E-state index in [1.165, 1.54) is 12.0 Å². The number of pyridine rings is 1. The fourth-order valence-corrected chi connectivity index (χ4v) is 4.17. The molecule has 1 aromatic heterocycles. The van der Waals surface area contributed by atoms with E-state index in [2.05, 4.69) is 49.0 Å². The van der Waals surface area contributed by atoms with Crippen molar-refractivity contribution in [2.45, 2.75) is 45.3 Å². The summed E-state index contributed by atoms with van der Waals surface area (Å²) < 4.78 is 6.29. The van der Waals surface area contributed by atoms with Crippen molar-refractivity contribution >= 4 is 5.84 Å². The molecule has 5 heteroatoms. The Labute approximate surface area is 151 Å². The predicted molar refractivity (Wildman–Crippen MR) is 102 cm³/mol. The number of aromatic nitrogens is 1. The average Bonchev–Trinajstić information content (AvgIpc) is 2.65. The number of amidine groups is 1. The topological polar surface area (TPSA) is 37.7 Å². The van der Waals surface area contributed by atoms with E-state index in [9.17, 15) is 0 Å². The summed E-state index contributed by atoms with van der Waals surface area (Å²) in [4.78, 5) is 11.6. The summed E-state index contributed by atoms with van der Waals surface area (Å²) in [6.07, 6.45) is 8.76. The van der Waals surface area contributed by atoms with Gasteiger partial charge in [0.2, 0.25) is 5.88 Å². The molecule has 4 heterocycles. The van der Waals surface area contributed by atoms with Crippen molar-refractivity contribution in [2.24, 2.45) is 4.99 Å². The van der Waals surface area contributed by atoms with Crippen molar-refractivity contribution in [3.05, 3.63) is 36.0 Å². The Morgan fingerprint density at radius 1 is 1.36 bits per heavy atom. The third kappa shape index (κ3) is 3.56. The predicted octanol–water partition coefficient (Wildman–Crippen LogP) is 2.88. The van der Waals surface area contributed by atoms with E-state index in [1.54, 1.807) is 7.11 Å². The minimum absolute atomic E-state index is 0.679. The van der Waals surface area contributed by atoms with Crippen LogP contribution in [0.25, 0.3) is 0 Å². The molecule has 0 spiro atoms. The minimum Gasteiger partial charge on any atom is -0.481 e. The van der Waals surface area contributed by atoms with Crippen LogP contribution < -0.4 is 4.74 Å². The minimum atomic E-state index is 0.679. The van der Waals surface area contributed by atoms with Gasteiger partial charge in [-0.15, -0.1) is 0 Å². The van der Waals surface area contributed by atoms with Gasteiger partial charge in [0, 0.05) is 24.4 Å². The van der Waals surface area contributed by atoms with Gasteiger partial charge in [0.05, 0.1) is 33.7 Å². The standard InChI is InChI=1S/C20H31N4O/c1-5-7-8-19(21-6-2)23-13-17-11-18(14-23)24(17,3)15-16-9-10-20(25-4)22-12-16/h7-10,12,17-18H,5-6,11,13-15H2,1-4H3/q+1/b8-7-,21-19?. The van der Waals surface area contributed by atoms with Crippen LogP contribution in [0.15, 0.2) is 35.5 Å². The van der Waals surface area contributed by atoms with Crippen LogP contribution in [0.1, 0.15) is 32.3 Å². The van der Waals surface area contributed by atoms with Crippen molar-refractivity contribution < 1.29 is 9.22 Å². The van der Waals surface area contributed by atoms with Crippen LogP contribution >= 0.6 is 0 Å². The quantitative estimate of drug-likeness (QED) is 0.453. The molecule has 2 bridgehead atoms. The molecule has 3 fully saturated rings. The van der Waals surface area contributed by atoms with Crippen molar-refractivity contribution in [1.82, 2.24) is 9.88 Å². The molecule has 4 rings (SSSR count). The van der Waals surface area contributed by atoms with E-state index in [0.29, 0.717) is 18.0 Å². The molecule has 0 aliphatic carbocycles. The van der Waals surface area contributed by atoms with Crippen LogP contribution in [0.5, 0.6) is 5.88 Å². The van der Waals surface area contributed by atoms with Crippen molar-refractivity contribution in [3.8, 4) is 5.88 Å². The molecule has 0 N–H and O–H groups in total. The number of piperidine rings is 1. The first-order valence-electron chi connectivity index (χ1n) is 9.40. The summed E-state index contributed by atoms with van der Waals surface area (Å²) in [5, 5.41) is 0. The number of fused-ring (bicyclic) bond motifs is 2. The number of quaternary nitrogens is 1. The first-order chi connectivity index (χ1) is 12.1. The highest BCUT2D eigenvalue weighted by molar-refractivity contribution is 5.93. The largest absolute Gasteiger partial charge is 0.481 e. The van der Waals surface area contributed by atoms with Gasteiger partial charge >= 0.3 is 0 Å². The van der Waals surface area contributed by atoms with Gasteiger partial charge in [-0.1, -0.05) is 13.0 Å². The second kappa shape index (κ2) is 7.56. The van der Waals surface area contributed by atoms with Gasteiger partial charge in [-0.25, -0.2) is 4.98 Å². The maximum absolute atomic E-state index is 5.17. The molecular weight excluding hydrogens is 312 g/mol. The fraction of sp³-hybridized carbons (Fsp3) is 0.600. The van der Waals surface area contributed by atoms with Gasteiger partial charge < -0.3 is 14.1 Å². The third-order valence-corrected chi connectivity index (χ3v) is 5.75. The third-order valence-electron chi connectivity index (χ3n) is 5.75. The zero-order valence-corrected chi connectivity index (χ0v) is 16.0. The first-order valence-corrected chi connectivity index (χ1v) is 9.40. The maximum atomic E-state index is 5.17. The summed E-state index contributed by atoms with van der Waals surface area (Å²) >= 11 is 0. The number of methoxy groups -OCH3 is 1. The van der Waals surface area contributed by atoms with Gasteiger partial charge in [-0.05, 0) is 25.5 Å². The lowest BCUT2D eigenvalue weighted by Gasteiger charge is -2.62.